The number of rotatable bonds is 2. The van der Waals surface area contributed by atoms with E-state index >= 15 is 0 Å². The van der Waals surface area contributed by atoms with E-state index in [1.54, 1.807) is 6.07 Å². The third-order valence-electron chi connectivity index (χ3n) is 3.71. The quantitative estimate of drug-likeness (QED) is 0.555. The van der Waals surface area contributed by atoms with Crippen LogP contribution in [0.1, 0.15) is 43.0 Å². The molecule has 0 bridgehead atoms. The summed E-state index contributed by atoms with van der Waals surface area (Å²) >= 11 is 0. The van der Waals surface area contributed by atoms with Crippen molar-refractivity contribution in [2.45, 2.75) is 38.6 Å². The van der Waals surface area contributed by atoms with Crippen molar-refractivity contribution < 1.29 is 9.90 Å². The van der Waals surface area contributed by atoms with Crippen molar-refractivity contribution in [3.63, 3.8) is 0 Å². The van der Waals surface area contributed by atoms with Crippen LogP contribution < -0.4 is 11.1 Å². The van der Waals surface area contributed by atoms with Crippen molar-refractivity contribution in [1.29, 1.82) is 0 Å². The van der Waals surface area contributed by atoms with E-state index < -0.39 is 0 Å². The number of amides is 1. The van der Waals surface area contributed by atoms with E-state index in [1.807, 2.05) is 0 Å². The van der Waals surface area contributed by atoms with Crippen LogP contribution in [-0.2, 0) is 0 Å². The smallest absolute Gasteiger partial charge is 0.253 e. The summed E-state index contributed by atoms with van der Waals surface area (Å²) < 4.78 is 0. The first kappa shape index (κ1) is 12.7. The fraction of sp³-hybridized carbons (Fsp3) is 0.500. The van der Waals surface area contributed by atoms with E-state index in [0.717, 1.165) is 19.3 Å². The number of aromatic hydroxyl groups is 1. The molecule has 1 fully saturated rings. The summed E-state index contributed by atoms with van der Waals surface area (Å²) in [6.07, 6.45) is 4.57. The van der Waals surface area contributed by atoms with Gasteiger partial charge in [-0.1, -0.05) is 19.8 Å². The molecule has 0 radical (unpaired) electrons. The number of carbonyl (C=O) groups is 1. The van der Waals surface area contributed by atoms with Crippen LogP contribution in [0, 0.1) is 5.92 Å². The number of hydrogen-bond donors (Lipinski definition) is 3. The van der Waals surface area contributed by atoms with Crippen LogP contribution in [0.15, 0.2) is 18.2 Å². The van der Waals surface area contributed by atoms with Crippen LogP contribution in [0.4, 0.5) is 5.69 Å². The van der Waals surface area contributed by atoms with E-state index in [-0.39, 0.29) is 17.7 Å². The van der Waals surface area contributed by atoms with Gasteiger partial charge >= 0.3 is 0 Å². The van der Waals surface area contributed by atoms with Crippen LogP contribution in [0.3, 0.4) is 0 Å². The van der Waals surface area contributed by atoms with Crippen LogP contribution >= 0.6 is 0 Å². The van der Waals surface area contributed by atoms with Gasteiger partial charge in [0.2, 0.25) is 0 Å². The van der Waals surface area contributed by atoms with Crippen molar-refractivity contribution in [3.05, 3.63) is 23.8 Å². The molecule has 98 valence electrons. The van der Waals surface area contributed by atoms with Gasteiger partial charge in [0.25, 0.3) is 5.91 Å². The number of anilines is 1. The maximum Gasteiger partial charge on any atom is 0.253 e. The molecule has 4 nitrogen and oxygen atoms in total. The van der Waals surface area contributed by atoms with Gasteiger partial charge in [0.1, 0.15) is 5.75 Å². The van der Waals surface area contributed by atoms with Crippen molar-refractivity contribution in [2.75, 3.05) is 5.73 Å². The van der Waals surface area contributed by atoms with Gasteiger partial charge in [-0.15, -0.1) is 0 Å². The molecule has 0 spiro atoms. The number of phenolic OH excluding ortho intramolecular Hbond substituents is 1. The van der Waals surface area contributed by atoms with Gasteiger partial charge in [-0.05, 0) is 37.0 Å². The van der Waals surface area contributed by atoms with Gasteiger partial charge < -0.3 is 16.2 Å². The molecule has 1 aromatic rings. The fourth-order valence-electron chi connectivity index (χ4n) is 2.52. The Morgan fingerprint density at radius 3 is 2.83 bits per heavy atom. The Morgan fingerprint density at radius 2 is 2.11 bits per heavy atom. The van der Waals surface area contributed by atoms with Crippen LogP contribution in [0.25, 0.3) is 0 Å². The minimum atomic E-state index is -0.192. The third kappa shape index (κ3) is 2.75. The Bertz CT molecular complexity index is 445. The Labute approximate surface area is 107 Å². The number of phenols is 1. The first-order valence-electron chi connectivity index (χ1n) is 6.47. The van der Waals surface area contributed by atoms with E-state index in [4.69, 9.17) is 5.73 Å². The Morgan fingerprint density at radius 1 is 1.39 bits per heavy atom. The third-order valence-corrected chi connectivity index (χ3v) is 3.71. The highest BCUT2D eigenvalue weighted by Crippen LogP contribution is 2.25. The SMILES string of the molecule is CC1CCCCC1NC(=O)c1cc(O)ccc1N. The number of nitrogen functional groups attached to an aromatic ring is 1. The molecule has 0 aromatic heterocycles. The predicted molar refractivity (Wildman–Crippen MR) is 71.4 cm³/mol. The zero-order valence-electron chi connectivity index (χ0n) is 10.6. The molecule has 4 heteroatoms. The molecule has 2 atom stereocenters. The molecule has 0 aliphatic heterocycles. The van der Waals surface area contributed by atoms with Gasteiger partial charge in [0.05, 0.1) is 5.56 Å². The molecular weight excluding hydrogens is 228 g/mol. The first-order valence-corrected chi connectivity index (χ1v) is 6.47. The monoisotopic (exact) mass is 248 g/mol. The van der Waals surface area contributed by atoms with E-state index in [2.05, 4.69) is 12.2 Å². The molecule has 1 aliphatic carbocycles. The largest absolute Gasteiger partial charge is 0.508 e. The lowest BCUT2D eigenvalue weighted by atomic mass is 9.86. The first-order chi connectivity index (χ1) is 8.58. The number of nitrogens with one attached hydrogen (secondary N) is 1. The summed E-state index contributed by atoms with van der Waals surface area (Å²) in [5, 5.41) is 12.4. The summed E-state index contributed by atoms with van der Waals surface area (Å²) in [6.45, 7) is 2.16. The lowest BCUT2D eigenvalue weighted by Crippen LogP contribution is -2.41. The Hall–Kier alpha value is -1.71. The maximum absolute atomic E-state index is 12.1. The molecule has 2 rings (SSSR count). The Kier molecular flexibility index (Phi) is 3.75. The normalized spacial score (nSPS) is 23.6. The molecule has 1 amide bonds. The van der Waals surface area contributed by atoms with Gasteiger partial charge in [0.15, 0.2) is 0 Å². The predicted octanol–water partition coefficient (Wildman–Crippen LogP) is 2.28. The van der Waals surface area contributed by atoms with Gasteiger partial charge in [0, 0.05) is 11.7 Å². The minimum absolute atomic E-state index is 0.0612. The van der Waals surface area contributed by atoms with Gasteiger partial charge in [-0.2, -0.15) is 0 Å². The topological polar surface area (TPSA) is 75.3 Å². The molecule has 0 saturated heterocycles. The molecule has 1 aliphatic rings. The molecule has 18 heavy (non-hydrogen) atoms. The number of benzene rings is 1. The number of hydrogen-bond acceptors (Lipinski definition) is 3. The van der Waals surface area contributed by atoms with Crippen LogP contribution in [-0.4, -0.2) is 17.1 Å². The standard InChI is InChI=1S/C14H20N2O2/c1-9-4-2-3-5-13(9)16-14(18)11-8-10(17)6-7-12(11)15/h6-9,13,17H,2-5,15H2,1H3,(H,16,18). The molecular formula is C14H20N2O2. The van der Waals surface area contributed by atoms with Gasteiger partial charge in [-0.3, -0.25) is 4.79 Å². The van der Waals surface area contributed by atoms with Crippen LogP contribution in [0.5, 0.6) is 5.75 Å². The summed E-state index contributed by atoms with van der Waals surface area (Å²) in [5.41, 5.74) is 6.51. The highest BCUT2D eigenvalue weighted by Gasteiger charge is 2.23. The second-order valence-electron chi connectivity index (χ2n) is 5.11. The summed E-state index contributed by atoms with van der Waals surface area (Å²) in [4.78, 5) is 12.1. The van der Waals surface area contributed by atoms with Crippen molar-refractivity contribution in [1.82, 2.24) is 5.32 Å². The average molecular weight is 248 g/mol. The summed E-state index contributed by atoms with van der Waals surface area (Å²) in [7, 11) is 0. The number of nitrogens with two attached hydrogens (primary N) is 1. The average Bonchev–Trinajstić information content (AvgIpc) is 2.35. The highest BCUT2D eigenvalue weighted by atomic mass is 16.3. The van der Waals surface area contributed by atoms with E-state index in [0.29, 0.717) is 17.2 Å². The Balaban J connectivity index is 2.09. The second kappa shape index (κ2) is 5.29. The zero-order valence-corrected chi connectivity index (χ0v) is 10.6. The lowest BCUT2D eigenvalue weighted by molar-refractivity contribution is 0.0911. The van der Waals surface area contributed by atoms with Crippen molar-refractivity contribution in [3.8, 4) is 5.75 Å². The van der Waals surface area contributed by atoms with Crippen LogP contribution in [0.2, 0.25) is 0 Å². The molecule has 4 N–H and O–H groups in total. The second-order valence-corrected chi connectivity index (χ2v) is 5.11. The van der Waals surface area contributed by atoms with Crippen molar-refractivity contribution >= 4 is 11.6 Å². The molecule has 2 unspecified atom stereocenters. The summed E-state index contributed by atoms with van der Waals surface area (Å²) in [6, 6.07) is 4.66. The molecule has 1 aromatic carbocycles. The fourth-order valence-corrected chi connectivity index (χ4v) is 2.52. The molecule has 0 heterocycles. The maximum atomic E-state index is 12.1. The minimum Gasteiger partial charge on any atom is -0.508 e. The van der Waals surface area contributed by atoms with Crippen molar-refractivity contribution in [2.24, 2.45) is 5.92 Å². The summed E-state index contributed by atoms with van der Waals surface area (Å²) in [5.74, 6) is 0.370. The van der Waals surface area contributed by atoms with Gasteiger partial charge in [-0.25, -0.2) is 0 Å². The molecule has 1 saturated carbocycles. The lowest BCUT2D eigenvalue weighted by Gasteiger charge is -2.29. The highest BCUT2D eigenvalue weighted by molar-refractivity contribution is 5.99. The van der Waals surface area contributed by atoms with E-state index in [1.165, 1.54) is 18.6 Å². The zero-order chi connectivity index (χ0) is 13.1. The number of carbonyl (C=O) groups excluding carboxylic acids is 1. The van der Waals surface area contributed by atoms with E-state index in [9.17, 15) is 9.90 Å².